The summed E-state index contributed by atoms with van der Waals surface area (Å²) in [5, 5.41) is 19.8. The van der Waals surface area contributed by atoms with E-state index in [1.54, 1.807) is 48.5 Å². The van der Waals surface area contributed by atoms with Crippen molar-refractivity contribution in [2.24, 2.45) is 0 Å². The molecule has 0 saturated carbocycles. The van der Waals surface area contributed by atoms with Gasteiger partial charge in [0.05, 0.1) is 22.4 Å². The molecule has 10 nitrogen and oxygen atoms in total. The smallest absolute Gasteiger partial charge is 0.405 e. The van der Waals surface area contributed by atoms with E-state index in [1.165, 1.54) is 16.7 Å². The van der Waals surface area contributed by atoms with Crippen LogP contribution in [0, 0.1) is 11.3 Å². The van der Waals surface area contributed by atoms with Crippen LogP contribution in [0.15, 0.2) is 53.4 Å². The zero-order valence-electron chi connectivity index (χ0n) is 17.2. The van der Waals surface area contributed by atoms with Crippen LogP contribution in [-0.2, 0) is 20.9 Å². The summed E-state index contributed by atoms with van der Waals surface area (Å²) < 4.78 is 0. The Morgan fingerprint density at radius 1 is 1.03 bits per heavy atom. The fourth-order valence-electron chi connectivity index (χ4n) is 2.48. The predicted octanol–water partition coefficient (Wildman–Crippen LogP) is 1.75. The van der Waals surface area contributed by atoms with Crippen LogP contribution in [0.25, 0.3) is 0 Å². The van der Waals surface area contributed by atoms with Gasteiger partial charge in [0, 0.05) is 11.4 Å². The maximum Gasteiger partial charge on any atom is 0.405 e. The van der Waals surface area contributed by atoms with Crippen LogP contribution < -0.4 is 16.2 Å². The number of halogens is 1. The number of carbonyl (C=O) groups excluding carboxylic acids is 3. The van der Waals surface area contributed by atoms with Crippen LogP contribution in [0.1, 0.15) is 11.1 Å². The van der Waals surface area contributed by atoms with Gasteiger partial charge in [0.15, 0.2) is 0 Å². The lowest BCUT2D eigenvalue weighted by Gasteiger charge is -2.22. The number of hydrogen-bond acceptors (Lipinski definition) is 6. The van der Waals surface area contributed by atoms with Gasteiger partial charge < -0.3 is 15.3 Å². The number of hydrazine groups is 1. The molecule has 0 aliphatic heterocycles. The zero-order chi connectivity index (χ0) is 24.2. The highest BCUT2D eigenvalue weighted by atomic mass is 35.5. The molecular formula is C21H20ClN5O5S. The maximum absolute atomic E-state index is 12.9. The number of nitriles is 1. The predicted molar refractivity (Wildman–Crippen MR) is 121 cm³/mol. The van der Waals surface area contributed by atoms with Gasteiger partial charge in [-0.1, -0.05) is 35.9 Å². The Hall–Kier alpha value is -3.75. The molecule has 4 amide bonds. The molecule has 12 heteroatoms. The molecule has 0 fully saturated rings. The molecule has 2 aromatic carbocycles. The second kappa shape index (κ2) is 12.9. The van der Waals surface area contributed by atoms with Crippen molar-refractivity contribution in [2.75, 3.05) is 18.8 Å². The monoisotopic (exact) mass is 489 g/mol. The number of nitrogens with zero attached hydrogens (tertiary/aromatic N) is 2. The quantitative estimate of drug-likeness (QED) is 0.309. The molecule has 0 saturated heterocycles. The van der Waals surface area contributed by atoms with Gasteiger partial charge in [0.1, 0.15) is 13.1 Å². The van der Waals surface area contributed by atoms with Crippen molar-refractivity contribution in [3.63, 3.8) is 0 Å². The van der Waals surface area contributed by atoms with Crippen LogP contribution >= 0.6 is 23.4 Å². The third kappa shape index (κ3) is 9.10. The van der Waals surface area contributed by atoms with Crippen LogP contribution in [0.4, 0.5) is 4.79 Å². The second-order valence-corrected chi connectivity index (χ2v) is 7.96. The average Bonchev–Trinajstić information content (AvgIpc) is 2.80. The normalized spacial score (nSPS) is 9.94. The van der Waals surface area contributed by atoms with Crippen molar-refractivity contribution in [3.8, 4) is 6.07 Å². The van der Waals surface area contributed by atoms with Crippen molar-refractivity contribution >= 4 is 47.2 Å². The minimum atomic E-state index is -1.38. The first-order valence-electron chi connectivity index (χ1n) is 9.47. The van der Waals surface area contributed by atoms with E-state index < -0.39 is 24.5 Å². The highest BCUT2D eigenvalue weighted by Crippen LogP contribution is 2.26. The Labute approximate surface area is 198 Å². The topological polar surface area (TPSA) is 152 Å². The SMILES string of the molecule is N#Cc1ccc(CN(CC(=O)NNC(=O)CNC(=O)O)C(=O)CSc2ccccc2Cl)cc1. The van der Waals surface area contributed by atoms with Gasteiger partial charge in [-0.05, 0) is 29.8 Å². The highest BCUT2D eigenvalue weighted by molar-refractivity contribution is 8.00. The average molecular weight is 490 g/mol. The minimum Gasteiger partial charge on any atom is -0.465 e. The van der Waals surface area contributed by atoms with E-state index in [-0.39, 0.29) is 24.7 Å². The molecule has 2 rings (SSSR count). The molecule has 0 aromatic heterocycles. The van der Waals surface area contributed by atoms with E-state index in [1.807, 2.05) is 11.4 Å². The molecule has 0 aliphatic carbocycles. The molecule has 0 unspecified atom stereocenters. The number of benzene rings is 2. The summed E-state index contributed by atoms with van der Waals surface area (Å²) in [6.07, 6.45) is -1.38. The van der Waals surface area contributed by atoms with Crippen molar-refractivity contribution < 1.29 is 24.3 Å². The number of amides is 4. The Kier molecular flexibility index (Phi) is 10.0. The van der Waals surface area contributed by atoms with Gasteiger partial charge in [0.2, 0.25) is 5.91 Å². The number of hydrogen-bond donors (Lipinski definition) is 4. The molecule has 0 radical (unpaired) electrons. The van der Waals surface area contributed by atoms with Crippen LogP contribution in [0.2, 0.25) is 5.02 Å². The lowest BCUT2D eigenvalue weighted by molar-refractivity contribution is -0.135. The van der Waals surface area contributed by atoms with Gasteiger partial charge in [0.25, 0.3) is 11.8 Å². The fraction of sp³-hybridized carbons (Fsp3) is 0.190. The van der Waals surface area contributed by atoms with E-state index >= 15 is 0 Å². The minimum absolute atomic E-state index is 0.0161. The fourth-order valence-corrected chi connectivity index (χ4v) is 3.62. The van der Waals surface area contributed by atoms with E-state index in [4.69, 9.17) is 22.0 Å². The summed E-state index contributed by atoms with van der Waals surface area (Å²) in [5.74, 6) is -1.78. The number of carboxylic acid groups (broad SMARTS) is 1. The third-order valence-corrected chi connectivity index (χ3v) is 5.57. The number of carbonyl (C=O) groups is 4. The van der Waals surface area contributed by atoms with Gasteiger partial charge in [-0.25, -0.2) is 4.79 Å². The maximum atomic E-state index is 12.9. The molecule has 0 spiro atoms. The van der Waals surface area contributed by atoms with Crippen LogP contribution in [-0.4, -0.2) is 52.7 Å². The molecule has 33 heavy (non-hydrogen) atoms. The highest BCUT2D eigenvalue weighted by Gasteiger charge is 2.19. The summed E-state index contributed by atoms with van der Waals surface area (Å²) in [7, 11) is 0. The largest absolute Gasteiger partial charge is 0.465 e. The standard InChI is InChI=1S/C21H20ClN5O5S/c22-16-3-1-2-4-17(16)33-13-20(30)27(11-15-7-5-14(9-23)6-8-15)12-19(29)26-25-18(28)10-24-21(31)32/h1-8,24H,10-13H2,(H,25,28)(H,26,29)(H,31,32). The van der Waals surface area contributed by atoms with Gasteiger partial charge >= 0.3 is 6.09 Å². The molecule has 172 valence electrons. The molecule has 0 aliphatic rings. The van der Waals surface area contributed by atoms with E-state index in [2.05, 4.69) is 10.9 Å². The van der Waals surface area contributed by atoms with E-state index in [0.717, 1.165) is 0 Å². The van der Waals surface area contributed by atoms with E-state index in [9.17, 15) is 19.2 Å². The van der Waals surface area contributed by atoms with Crippen molar-refractivity contribution in [2.45, 2.75) is 11.4 Å². The molecule has 2 aromatic rings. The first-order valence-corrected chi connectivity index (χ1v) is 10.8. The lowest BCUT2D eigenvalue weighted by Crippen LogP contribution is -2.50. The molecule has 0 bridgehead atoms. The first-order chi connectivity index (χ1) is 15.8. The Morgan fingerprint density at radius 2 is 1.70 bits per heavy atom. The summed E-state index contributed by atoms with van der Waals surface area (Å²) in [6, 6.07) is 15.6. The molecule has 0 heterocycles. The Morgan fingerprint density at radius 3 is 2.33 bits per heavy atom. The molecule has 0 atom stereocenters. The number of thioether (sulfide) groups is 1. The van der Waals surface area contributed by atoms with Crippen LogP contribution in [0.3, 0.4) is 0 Å². The van der Waals surface area contributed by atoms with E-state index in [0.29, 0.717) is 21.0 Å². The number of nitrogens with one attached hydrogen (secondary N) is 3. The summed E-state index contributed by atoms with van der Waals surface area (Å²) in [4.78, 5) is 49.1. The second-order valence-electron chi connectivity index (χ2n) is 6.53. The molecular weight excluding hydrogens is 470 g/mol. The van der Waals surface area contributed by atoms with Crippen LogP contribution in [0.5, 0.6) is 0 Å². The number of rotatable bonds is 9. The Balaban J connectivity index is 2.02. The summed E-state index contributed by atoms with van der Waals surface area (Å²) >= 11 is 7.35. The lowest BCUT2D eigenvalue weighted by atomic mass is 10.1. The van der Waals surface area contributed by atoms with Crippen molar-refractivity contribution in [3.05, 3.63) is 64.7 Å². The van der Waals surface area contributed by atoms with Gasteiger partial charge in [-0.2, -0.15) is 5.26 Å². The van der Waals surface area contributed by atoms with Gasteiger partial charge in [-0.3, -0.25) is 25.2 Å². The van der Waals surface area contributed by atoms with Crippen molar-refractivity contribution in [1.29, 1.82) is 5.26 Å². The summed E-state index contributed by atoms with van der Waals surface area (Å²) in [6.45, 7) is -0.817. The Bertz CT molecular complexity index is 1060. The van der Waals surface area contributed by atoms with Crippen molar-refractivity contribution in [1.82, 2.24) is 21.1 Å². The van der Waals surface area contributed by atoms with Gasteiger partial charge in [-0.15, -0.1) is 11.8 Å². The third-order valence-electron chi connectivity index (χ3n) is 4.07. The first kappa shape index (κ1) is 25.5. The zero-order valence-corrected chi connectivity index (χ0v) is 18.8. The summed E-state index contributed by atoms with van der Waals surface area (Å²) in [5.41, 5.74) is 5.37. The molecule has 4 N–H and O–H groups in total.